The van der Waals surface area contributed by atoms with Crippen molar-refractivity contribution in [1.82, 2.24) is 0 Å². The van der Waals surface area contributed by atoms with Crippen LogP contribution < -0.4 is 0 Å². The van der Waals surface area contributed by atoms with Gasteiger partial charge < -0.3 is 0 Å². The highest BCUT2D eigenvalue weighted by atomic mass is 14.3. The largest absolute Gasteiger partial charge is 0.0991 e. The summed E-state index contributed by atoms with van der Waals surface area (Å²) in [4.78, 5) is 0. The van der Waals surface area contributed by atoms with Gasteiger partial charge in [-0.05, 0) is 78.0 Å². The Morgan fingerprint density at radius 3 is 2.29 bits per heavy atom. The van der Waals surface area contributed by atoms with E-state index in [0.29, 0.717) is 11.8 Å². The van der Waals surface area contributed by atoms with Crippen LogP contribution in [0.25, 0.3) is 16.7 Å². The van der Waals surface area contributed by atoms with Crippen molar-refractivity contribution in [3.63, 3.8) is 0 Å². The van der Waals surface area contributed by atoms with Crippen molar-refractivity contribution in [2.75, 3.05) is 0 Å². The van der Waals surface area contributed by atoms with Gasteiger partial charge in [-0.1, -0.05) is 110 Å². The highest BCUT2D eigenvalue weighted by molar-refractivity contribution is 5.77. The first kappa shape index (κ1) is 21.1. The van der Waals surface area contributed by atoms with Gasteiger partial charge in [0.25, 0.3) is 0 Å². The van der Waals surface area contributed by atoms with Gasteiger partial charge in [-0.25, -0.2) is 0 Å². The minimum absolute atomic E-state index is 0.468. The van der Waals surface area contributed by atoms with Crippen molar-refractivity contribution < 1.29 is 0 Å². The van der Waals surface area contributed by atoms with E-state index in [-0.39, 0.29) is 0 Å². The summed E-state index contributed by atoms with van der Waals surface area (Å²) in [7, 11) is 0. The molecule has 0 amide bonds. The minimum atomic E-state index is 0.468. The Morgan fingerprint density at radius 2 is 1.58 bits per heavy atom. The molecule has 0 saturated heterocycles. The Kier molecular flexibility index (Phi) is 6.37. The van der Waals surface area contributed by atoms with Crippen LogP contribution in [0.5, 0.6) is 0 Å². The lowest BCUT2D eigenvalue weighted by Gasteiger charge is -2.24. The summed E-state index contributed by atoms with van der Waals surface area (Å²) in [5.41, 5.74) is 11.0. The fourth-order valence-electron chi connectivity index (χ4n) is 5.06. The highest BCUT2D eigenvalue weighted by Crippen LogP contribution is 2.45. The first-order valence-electron chi connectivity index (χ1n) is 11.3. The van der Waals surface area contributed by atoms with Crippen LogP contribution in [-0.2, 0) is 0 Å². The van der Waals surface area contributed by atoms with E-state index in [4.69, 9.17) is 0 Å². The van der Waals surface area contributed by atoms with Gasteiger partial charge in [0, 0.05) is 0 Å². The quantitative estimate of drug-likeness (QED) is 0.301. The van der Waals surface area contributed by atoms with Crippen LogP contribution in [0.15, 0.2) is 97.6 Å². The van der Waals surface area contributed by atoms with Gasteiger partial charge in [0.1, 0.15) is 0 Å². The fraction of sp³-hybridized carbons (Fsp3) is 0.226. The van der Waals surface area contributed by atoms with E-state index in [1.165, 1.54) is 44.5 Å². The van der Waals surface area contributed by atoms with Crippen LogP contribution in [0.3, 0.4) is 0 Å². The normalized spacial score (nSPS) is 19.9. The second kappa shape index (κ2) is 9.35. The monoisotopic (exact) mass is 404 g/mol. The molecule has 2 unspecified atom stereocenters. The van der Waals surface area contributed by atoms with E-state index in [2.05, 4.69) is 106 Å². The summed E-state index contributed by atoms with van der Waals surface area (Å²) < 4.78 is 0. The number of allylic oxidation sites excluding steroid dienone is 5. The summed E-state index contributed by atoms with van der Waals surface area (Å²) >= 11 is 0. The lowest BCUT2D eigenvalue weighted by molar-refractivity contribution is 0.551. The molecule has 0 fully saturated rings. The third-order valence-corrected chi connectivity index (χ3v) is 6.54. The van der Waals surface area contributed by atoms with E-state index < -0.39 is 0 Å². The van der Waals surface area contributed by atoms with E-state index in [1.807, 2.05) is 12.2 Å². The Bertz CT molecular complexity index is 1110. The smallest absolute Gasteiger partial charge is 0.00922 e. The fourth-order valence-corrected chi connectivity index (χ4v) is 5.06. The maximum atomic E-state index is 3.82. The molecular weight excluding hydrogens is 372 g/mol. The topological polar surface area (TPSA) is 0 Å². The summed E-state index contributed by atoms with van der Waals surface area (Å²) in [6.45, 7) is 10.7. The van der Waals surface area contributed by atoms with Gasteiger partial charge in [-0.3, -0.25) is 0 Å². The molecule has 3 aromatic rings. The Balaban J connectivity index is 1.83. The molecule has 0 heteroatoms. The maximum absolute atomic E-state index is 3.82. The van der Waals surface area contributed by atoms with Crippen molar-refractivity contribution >= 4 is 5.57 Å². The molecule has 0 bridgehead atoms. The average Bonchev–Trinajstić information content (AvgIpc) is 2.90. The number of benzene rings is 3. The van der Waals surface area contributed by atoms with E-state index in [0.717, 1.165) is 12.8 Å². The SMILES string of the molecule is C=C/C=C\C=C1/CCC(c2cc(C)cc(C)c2)C(C)c2ccc(-c3ccccc3)cc21. The molecule has 31 heavy (non-hydrogen) atoms. The Hall–Kier alpha value is -3.12. The molecule has 0 radical (unpaired) electrons. The number of aryl methyl sites for hydroxylation is 2. The Labute approximate surface area is 187 Å². The lowest BCUT2D eigenvalue weighted by Crippen LogP contribution is -2.08. The van der Waals surface area contributed by atoms with Crippen molar-refractivity contribution in [2.45, 2.75) is 45.4 Å². The average molecular weight is 405 g/mol. The number of fused-ring (bicyclic) bond motifs is 1. The predicted molar refractivity (Wildman–Crippen MR) is 135 cm³/mol. The van der Waals surface area contributed by atoms with Crippen LogP contribution in [0.2, 0.25) is 0 Å². The first-order valence-corrected chi connectivity index (χ1v) is 11.3. The van der Waals surface area contributed by atoms with Crippen molar-refractivity contribution in [1.29, 1.82) is 0 Å². The van der Waals surface area contributed by atoms with Gasteiger partial charge in [0.05, 0.1) is 0 Å². The van der Waals surface area contributed by atoms with E-state index >= 15 is 0 Å². The molecule has 0 nitrogen and oxygen atoms in total. The van der Waals surface area contributed by atoms with Gasteiger partial charge >= 0.3 is 0 Å². The molecule has 1 aliphatic carbocycles. The van der Waals surface area contributed by atoms with Gasteiger partial charge in [-0.15, -0.1) is 0 Å². The molecule has 0 N–H and O–H groups in total. The van der Waals surface area contributed by atoms with Crippen LogP contribution in [0.1, 0.15) is 59.4 Å². The number of rotatable bonds is 4. The molecule has 0 heterocycles. The zero-order valence-corrected chi connectivity index (χ0v) is 18.9. The standard InChI is InChI=1S/C31H32/c1-5-6-8-13-26-14-16-29(28-19-22(2)18-23(3)20-28)24(4)30-17-15-27(21-31(26)30)25-11-9-7-10-12-25/h5-13,15,17-21,24,29H,1,14,16H2,2-4H3/b8-6-,26-13+. The van der Waals surface area contributed by atoms with E-state index in [1.54, 1.807) is 0 Å². The molecule has 0 spiro atoms. The molecule has 0 aromatic heterocycles. The molecule has 2 atom stereocenters. The first-order chi connectivity index (χ1) is 15.1. The van der Waals surface area contributed by atoms with Crippen LogP contribution >= 0.6 is 0 Å². The van der Waals surface area contributed by atoms with Crippen LogP contribution in [-0.4, -0.2) is 0 Å². The van der Waals surface area contributed by atoms with Crippen molar-refractivity contribution in [2.24, 2.45) is 0 Å². The molecule has 0 saturated carbocycles. The predicted octanol–water partition coefficient (Wildman–Crippen LogP) is 8.78. The summed E-state index contributed by atoms with van der Waals surface area (Å²) in [5, 5.41) is 0. The maximum Gasteiger partial charge on any atom is -0.00922 e. The zero-order valence-electron chi connectivity index (χ0n) is 18.9. The second-order valence-corrected chi connectivity index (χ2v) is 8.84. The number of hydrogen-bond donors (Lipinski definition) is 0. The zero-order chi connectivity index (χ0) is 21.8. The van der Waals surface area contributed by atoms with Crippen LogP contribution in [0, 0.1) is 13.8 Å². The van der Waals surface area contributed by atoms with Gasteiger partial charge in [-0.2, -0.15) is 0 Å². The molecule has 4 rings (SSSR count). The van der Waals surface area contributed by atoms with Crippen molar-refractivity contribution in [3.8, 4) is 11.1 Å². The molecular formula is C31H32. The molecule has 1 aliphatic rings. The summed E-state index contributed by atoms with van der Waals surface area (Å²) in [6.07, 6.45) is 10.5. The Morgan fingerprint density at radius 1 is 0.839 bits per heavy atom. The summed E-state index contributed by atoms with van der Waals surface area (Å²) in [6, 6.07) is 24.8. The van der Waals surface area contributed by atoms with Crippen LogP contribution in [0.4, 0.5) is 0 Å². The van der Waals surface area contributed by atoms with Crippen molar-refractivity contribution in [3.05, 3.63) is 125 Å². The third-order valence-electron chi connectivity index (χ3n) is 6.54. The van der Waals surface area contributed by atoms with E-state index in [9.17, 15) is 0 Å². The minimum Gasteiger partial charge on any atom is -0.0991 e. The molecule has 0 aliphatic heterocycles. The molecule has 3 aromatic carbocycles. The highest BCUT2D eigenvalue weighted by Gasteiger charge is 2.28. The van der Waals surface area contributed by atoms with Gasteiger partial charge in [0.15, 0.2) is 0 Å². The summed E-state index contributed by atoms with van der Waals surface area (Å²) in [5.74, 6) is 0.990. The number of hydrogen-bond acceptors (Lipinski definition) is 0. The molecule has 156 valence electrons. The lowest BCUT2D eigenvalue weighted by atomic mass is 9.80. The second-order valence-electron chi connectivity index (χ2n) is 8.84. The third kappa shape index (κ3) is 4.64. The van der Waals surface area contributed by atoms with Gasteiger partial charge in [0.2, 0.25) is 0 Å².